The van der Waals surface area contributed by atoms with Crippen molar-refractivity contribution in [3.05, 3.63) is 23.4 Å². The van der Waals surface area contributed by atoms with Crippen LogP contribution in [0.2, 0.25) is 0 Å². The molecule has 0 bridgehead atoms. The summed E-state index contributed by atoms with van der Waals surface area (Å²) in [6, 6.07) is 0. The van der Waals surface area contributed by atoms with Crippen molar-refractivity contribution >= 4 is 0 Å². The minimum Gasteiger partial charge on any atom is -0.383 e. The van der Waals surface area contributed by atoms with Crippen LogP contribution in [0.3, 0.4) is 0 Å². The molecule has 0 atom stereocenters. The zero-order valence-corrected chi connectivity index (χ0v) is 11.3. The van der Waals surface area contributed by atoms with Crippen molar-refractivity contribution in [3.8, 4) is 0 Å². The van der Waals surface area contributed by atoms with Gasteiger partial charge in [0.25, 0.3) is 5.89 Å². The summed E-state index contributed by atoms with van der Waals surface area (Å²) in [5.74, 6) is -3.78. The molecule has 1 saturated carbocycles. The molecule has 1 aliphatic carbocycles. The van der Waals surface area contributed by atoms with Crippen LogP contribution in [0.5, 0.6) is 0 Å². The third kappa shape index (κ3) is 2.41. The summed E-state index contributed by atoms with van der Waals surface area (Å²) >= 11 is 0. The molecule has 2 heterocycles. The normalized spacial score (nSPS) is 18.3. The number of halogens is 2. The molecule has 1 N–H and O–H groups in total. The van der Waals surface area contributed by atoms with Crippen LogP contribution >= 0.6 is 0 Å². The minimum absolute atomic E-state index is 0.0156. The van der Waals surface area contributed by atoms with Crippen LogP contribution in [0.1, 0.15) is 49.1 Å². The van der Waals surface area contributed by atoms with Crippen LogP contribution in [0, 0.1) is 6.92 Å². The third-order valence-electron chi connectivity index (χ3n) is 3.64. The fourth-order valence-corrected chi connectivity index (χ4v) is 2.48. The maximum absolute atomic E-state index is 14.3. The quantitative estimate of drug-likeness (QED) is 0.918. The van der Waals surface area contributed by atoms with Gasteiger partial charge in [0, 0.05) is 6.92 Å². The van der Waals surface area contributed by atoms with E-state index in [2.05, 4.69) is 24.8 Å². The molecule has 1 aliphatic rings. The van der Waals surface area contributed by atoms with Gasteiger partial charge >= 0.3 is 5.92 Å². The van der Waals surface area contributed by atoms with Crippen molar-refractivity contribution in [2.24, 2.45) is 0 Å². The molecule has 21 heavy (non-hydrogen) atoms. The number of hydrogen-bond donors (Lipinski definition) is 1. The lowest BCUT2D eigenvalue weighted by atomic mass is 9.93. The summed E-state index contributed by atoms with van der Waals surface area (Å²) in [6.07, 6.45) is 1.16. The fourth-order valence-electron chi connectivity index (χ4n) is 2.48. The largest absolute Gasteiger partial charge is 0.383 e. The second-order valence-electron chi connectivity index (χ2n) is 5.24. The predicted octanol–water partition coefficient (Wildman–Crippen LogP) is 1.75. The van der Waals surface area contributed by atoms with E-state index in [0.717, 1.165) is 0 Å². The van der Waals surface area contributed by atoms with Crippen molar-refractivity contribution in [1.82, 2.24) is 20.3 Å². The van der Waals surface area contributed by atoms with Crippen LogP contribution in [0.15, 0.2) is 9.05 Å². The van der Waals surface area contributed by atoms with E-state index >= 15 is 0 Å². The standard InChI is InChI=1S/C12H14F2N4O3/c1-7-15-8(17-20-7)6-9-16-10(21-18-9)12(13,14)11(19)4-2-3-5-11/h19H,2-6H2,1H3. The maximum atomic E-state index is 14.3. The molecule has 0 saturated heterocycles. The minimum atomic E-state index is -3.57. The van der Waals surface area contributed by atoms with Crippen molar-refractivity contribution < 1.29 is 22.9 Å². The van der Waals surface area contributed by atoms with Gasteiger partial charge < -0.3 is 14.2 Å². The van der Waals surface area contributed by atoms with Crippen molar-refractivity contribution in [2.75, 3.05) is 0 Å². The predicted molar refractivity (Wildman–Crippen MR) is 63.5 cm³/mol. The first kappa shape index (κ1) is 14.1. The summed E-state index contributed by atoms with van der Waals surface area (Å²) in [6.45, 7) is 1.61. The van der Waals surface area contributed by atoms with E-state index in [1.165, 1.54) is 0 Å². The summed E-state index contributed by atoms with van der Waals surface area (Å²) in [7, 11) is 0. The van der Waals surface area contributed by atoms with Crippen molar-refractivity contribution in [2.45, 2.75) is 50.6 Å². The average molecular weight is 300 g/mol. The molecule has 0 aliphatic heterocycles. The van der Waals surface area contributed by atoms with Gasteiger partial charge in [-0.05, 0) is 12.8 Å². The number of nitrogens with zero attached hydrogens (tertiary/aromatic N) is 4. The lowest BCUT2D eigenvalue weighted by Gasteiger charge is -2.28. The van der Waals surface area contributed by atoms with Crippen LogP contribution in [0.25, 0.3) is 0 Å². The Labute approximate surface area is 118 Å². The molecule has 0 unspecified atom stereocenters. The Morgan fingerprint density at radius 1 is 1.14 bits per heavy atom. The van der Waals surface area contributed by atoms with Gasteiger partial charge in [-0.1, -0.05) is 23.2 Å². The van der Waals surface area contributed by atoms with E-state index in [-0.39, 0.29) is 30.9 Å². The summed E-state index contributed by atoms with van der Waals surface area (Å²) in [5, 5.41) is 17.2. The topological polar surface area (TPSA) is 98.1 Å². The smallest absolute Gasteiger partial charge is 0.352 e. The molecule has 2 aromatic heterocycles. The number of alkyl halides is 2. The molecule has 0 aromatic carbocycles. The Bertz CT molecular complexity index is 634. The molecule has 3 rings (SSSR count). The Morgan fingerprint density at radius 3 is 2.38 bits per heavy atom. The van der Waals surface area contributed by atoms with E-state index in [9.17, 15) is 13.9 Å². The highest BCUT2D eigenvalue weighted by Gasteiger charge is 2.58. The van der Waals surface area contributed by atoms with E-state index in [1.54, 1.807) is 6.92 Å². The highest BCUT2D eigenvalue weighted by atomic mass is 19.3. The van der Waals surface area contributed by atoms with Gasteiger partial charge in [0.05, 0.1) is 6.42 Å². The summed E-state index contributed by atoms with van der Waals surface area (Å²) < 4.78 is 38.0. The fraction of sp³-hybridized carbons (Fsp3) is 0.667. The number of hydrogen-bond acceptors (Lipinski definition) is 7. The SMILES string of the molecule is Cc1nc(Cc2noc(C(F)(F)C3(O)CCCC3)n2)no1. The third-order valence-corrected chi connectivity index (χ3v) is 3.64. The molecule has 9 heteroatoms. The van der Waals surface area contributed by atoms with Crippen LogP contribution in [-0.2, 0) is 12.3 Å². The first-order chi connectivity index (χ1) is 9.91. The Balaban J connectivity index is 1.80. The number of aromatic nitrogens is 4. The Kier molecular flexibility index (Phi) is 3.23. The lowest BCUT2D eigenvalue weighted by Crippen LogP contribution is -2.43. The van der Waals surface area contributed by atoms with E-state index in [1.807, 2.05) is 0 Å². The molecule has 7 nitrogen and oxygen atoms in total. The van der Waals surface area contributed by atoms with Crippen LogP contribution in [-0.4, -0.2) is 31.0 Å². The average Bonchev–Trinajstić information content (AvgIpc) is 3.13. The zero-order chi connectivity index (χ0) is 15.1. The summed E-state index contributed by atoms with van der Waals surface area (Å²) in [4.78, 5) is 7.60. The molecule has 114 valence electrons. The second-order valence-corrected chi connectivity index (χ2v) is 5.24. The maximum Gasteiger partial charge on any atom is 0.352 e. The molecular weight excluding hydrogens is 286 g/mol. The van der Waals surface area contributed by atoms with Crippen molar-refractivity contribution in [1.29, 1.82) is 0 Å². The van der Waals surface area contributed by atoms with E-state index in [0.29, 0.717) is 18.7 Å². The van der Waals surface area contributed by atoms with Crippen molar-refractivity contribution in [3.63, 3.8) is 0 Å². The number of aryl methyl sites for hydroxylation is 1. The molecule has 0 radical (unpaired) electrons. The van der Waals surface area contributed by atoms with Gasteiger partial charge in [-0.3, -0.25) is 0 Å². The number of aliphatic hydroxyl groups is 1. The second kappa shape index (κ2) is 4.83. The van der Waals surface area contributed by atoms with Gasteiger partial charge in [-0.2, -0.15) is 18.7 Å². The van der Waals surface area contributed by atoms with E-state index in [4.69, 9.17) is 4.52 Å². The molecule has 1 fully saturated rings. The Morgan fingerprint density at radius 2 is 1.76 bits per heavy atom. The van der Waals surface area contributed by atoms with Crippen LogP contribution < -0.4 is 0 Å². The van der Waals surface area contributed by atoms with Gasteiger partial charge in [0.15, 0.2) is 11.6 Å². The molecular formula is C12H14F2N4O3. The highest BCUT2D eigenvalue weighted by molar-refractivity contribution is 5.08. The Hall–Kier alpha value is -1.90. The first-order valence-corrected chi connectivity index (χ1v) is 6.63. The van der Waals surface area contributed by atoms with Gasteiger partial charge in [-0.15, -0.1) is 0 Å². The lowest BCUT2D eigenvalue weighted by molar-refractivity contribution is -0.198. The monoisotopic (exact) mass is 300 g/mol. The van der Waals surface area contributed by atoms with Crippen LogP contribution in [0.4, 0.5) is 8.78 Å². The summed E-state index contributed by atoms with van der Waals surface area (Å²) in [5.41, 5.74) is -2.11. The van der Waals surface area contributed by atoms with Gasteiger partial charge in [0.2, 0.25) is 5.89 Å². The highest BCUT2D eigenvalue weighted by Crippen LogP contribution is 2.47. The first-order valence-electron chi connectivity index (χ1n) is 6.63. The molecule has 2 aromatic rings. The molecule has 0 amide bonds. The van der Waals surface area contributed by atoms with Gasteiger partial charge in [0.1, 0.15) is 5.60 Å². The molecule has 0 spiro atoms. The van der Waals surface area contributed by atoms with Gasteiger partial charge in [-0.25, -0.2) is 0 Å². The van der Waals surface area contributed by atoms with E-state index < -0.39 is 17.4 Å². The zero-order valence-electron chi connectivity index (χ0n) is 11.3. The number of rotatable bonds is 4.